The van der Waals surface area contributed by atoms with E-state index in [4.69, 9.17) is 16.9 Å². The number of hydrogen-bond donors (Lipinski definition) is 2. The largest absolute Gasteiger partial charge is 0.360 e. The second-order valence-electron chi connectivity index (χ2n) is 4.12. The summed E-state index contributed by atoms with van der Waals surface area (Å²) in [5.74, 6) is 0.0904. The lowest BCUT2D eigenvalue weighted by atomic mass is 10.1. The molecular weight excluding hydrogens is 274 g/mol. The van der Waals surface area contributed by atoms with Crippen LogP contribution < -0.4 is 10.6 Å². The summed E-state index contributed by atoms with van der Waals surface area (Å²) in [4.78, 5) is 11.7. The highest BCUT2D eigenvalue weighted by Gasteiger charge is 2.08. The second-order valence-corrected chi connectivity index (χ2v) is 4.50. The number of carbonyl (C=O) groups is 1. The van der Waals surface area contributed by atoms with E-state index in [1.54, 1.807) is 0 Å². The molecule has 0 fully saturated rings. The summed E-state index contributed by atoms with van der Waals surface area (Å²) in [6.07, 6.45) is 2.99. The van der Waals surface area contributed by atoms with Crippen molar-refractivity contribution in [3.05, 3.63) is 41.6 Å². The second kappa shape index (κ2) is 9.00. The summed E-state index contributed by atoms with van der Waals surface area (Å²) in [7, 11) is 0. The Balaban J connectivity index is 2.70. The van der Waals surface area contributed by atoms with Crippen molar-refractivity contribution >= 4 is 23.2 Å². The molecule has 20 heavy (non-hydrogen) atoms. The molecule has 5 heteroatoms. The zero-order valence-electron chi connectivity index (χ0n) is 11.4. The highest BCUT2D eigenvalue weighted by Crippen LogP contribution is 2.15. The van der Waals surface area contributed by atoms with Crippen molar-refractivity contribution in [2.24, 2.45) is 0 Å². The van der Waals surface area contributed by atoms with Crippen LogP contribution in [-0.4, -0.2) is 18.3 Å². The van der Waals surface area contributed by atoms with Crippen LogP contribution in [0.1, 0.15) is 18.9 Å². The molecule has 0 aromatic heterocycles. The summed E-state index contributed by atoms with van der Waals surface area (Å²) >= 11 is 5.53. The first-order valence-corrected chi connectivity index (χ1v) is 7.05. The van der Waals surface area contributed by atoms with Gasteiger partial charge >= 0.3 is 0 Å². The maximum absolute atomic E-state index is 11.7. The Morgan fingerprint density at radius 3 is 2.85 bits per heavy atom. The summed E-state index contributed by atoms with van der Waals surface area (Å²) < 4.78 is 0. The van der Waals surface area contributed by atoms with E-state index in [0.29, 0.717) is 18.8 Å². The summed E-state index contributed by atoms with van der Waals surface area (Å²) in [6, 6.07) is 9.67. The Morgan fingerprint density at radius 1 is 1.45 bits per heavy atom. The minimum Gasteiger partial charge on any atom is -0.360 e. The third kappa shape index (κ3) is 4.94. The van der Waals surface area contributed by atoms with E-state index in [1.165, 1.54) is 6.20 Å². The molecule has 0 saturated carbocycles. The van der Waals surface area contributed by atoms with Crippen molar-refractivity contribution in [2.75, 3.05) is 17.7 Å². The number of para-hydroxylation sites is 1. The fraction of sp³-hybridized carbons (Fsp3) is 0.333. The van der Waals surface area contributed by atoms with Crippen molar-refractivity contribution in [2.45, 2.75) is 19.8 Å². The van der Waals surface area contributed by atoms with Crippen LogP contribution in [0.4, 0.5) is 5.69 Å². The third-order valence-electron chi connectivity index (χ3n) is 2.73. The molecule has 1 rings (SSSR count). The topological polar surface area (TPSA) is 64.9 Å². The molecule has 0 bridgehead atoms. The van der Waals surface area contributed by atoms with Gasteiger partial charge in [0.05, 0.1) is 0 Å². The van der Waals surface area contributed by atoms with E-state index in [2.05, 4.69) is 10.6 Å². The quantitative estimate of drug-likeness (QED) is 0.351. The van der Waals surface area contributed by atoms with Crippen LogP contribution >= 0.6 is 11.6 Å². The Kier molecular flexibility index (Phi) is 7.23. The van der Waals surface area contributed by atoms with Crippen LogP contribution in [0.3, 0.4) is 0 Å². The van der Waals surface area contributed by atoms with Crippen LogP contribution in [0.5, 0.6) is 0 Å². The molecule has 0 aliphatic carbocycles. The SMILES string of the molecule is CCc1ccccc1N/C=C(/C#N)C(=O)NCCCCl. The number of hydrogen-bond acceptors (Lipinski definition) is 3. The number of alkyl halides is 1. The highest BCUT2D eigenvalue weighted by atomic mass is 35.5. The van der Waals surface area contributed by atoms with Gasteiger partial charge in [-0.3, -0.25) is 4.79 Å². The number of amides is 1. The van der Waals surface area contributed by atoms with Gasteiger partial charge in [0.25, 0.3) is 5.91 Å². The molecular formula is C15H18ClN3O. The Hall–Kier alpha value is -1.99. The van der Waals surface area contributed by atoms with E-state index in [1.807, 2.05) is 37.3 Å². The number of nitrogens with one attached hydrogen (secondary N) is 2. The zero-order chi connectivity index (χ0) is 14.8. The van der Waals surface area contributed by atoms with Crippen molar-refractivity contribution in [1.82, 2.24) is 5.32 Å². The molecule has 0 spiro atoms. The van der Waals surface area contributed by atoms with Gasteiger partial charge in [0.1, 0.15) is 11.6 Å². The number of anilines is 1. The first-order valence-electron chi connectivity index (χ1n) is 6.51. The predicted molar refractivity (Wildman–Crippen MR) is 81.5 cm³/mol. The molecule has 0 saturated heterocycles. The van der Waals surface area contributed by atoms with Crippen LogP contribution in [0.15, 0.2) is 36.0 Å². The van der Waals surface area contributed by atoms with Crippen LogP contribution in [0, 0.1) is 11.3 Å². The summed E-state index contributed by atoms with van der Waals surface area (Å²) in [5, 5.41) is 14.7. The van der Waals surface area contributed by atoms with E-state index in [0.717, 1.165) is 17.7 Å². The first-order chi connectivity index (χ1) is 9.72. The maximum atomic E-state index is 11.7. The molecule has 1 aromatic rings. The smallest absolute Gasteiger partial charge is 0.263 e. The molecule has 1 amide bonds. The molecule has 4 nitrogen and oxygen atoms in total. The van der Waals surface area contributed by atoms with Gasteiger partial charge in [-0.05, 0) is 24.5 Å². The number of aryl methyl sites for hydroxylation is 1. The highest BCUT2D eigenvalue weighted by molar-refractivity contribution is 6.17. The van der Waals surface area contributed by atoms with Crippen molar-refractivity contribution in [3.63, 3.8) is 0 Å². The van der Waals surface area contributed by atoms with Gasteiger partial charge in [-0.25, -0.2) is 0 Å². The number of nitrogens with zero attached hydrogens (tertiary/aromatic N) is 1. The monoisotopic (exact) mass is 291 g/mol. The average molecular weight is 292 g/mol. The molecule has 0 atom stereocenters. The van der Waals surface area contributed by atoms with Gasteiger partial charge in [-0.2, -0.15) is 5.26 Å². The summed E-state index contributed by atoms with van der Waals surface area (Å²) in [5.41, 5.74) is 2.07. The molecule has 0 radical (unpaired) electrons. The van der Waals surface area contributed by atoms with Gasteiger partial charge in [-0.1, -0.05) is 25.1 Å². The van der Waals surface area contributed by atoms with Gasteiger partial charge in [-0.15, -0.1) is 11.6 Å². The van der Waals surface area contributed by atoms with E-state index in [-0.39, 0.29) is 11.5 Å². The molecule has 0 aliphatic rings. The van der Waals surface area contributed by atoms with Gasteiger partial charge in [0.2, 0.25) is 0 Å². The maximum Gasteiger partial charge on any atom is 0.263 e. The lowest BCUT2D eigenvalue weighted by Crippen LogP contribution is -2.26. The summed E-state index contributed by atoms with van der Waals surface area (Å²) in [6.45, 7) is 2.52. The number of benzene rings is 1. The number of rotatable bonds is 7. The van der Waals surface area contributed by atoms with Gasteiger partial charge < -0.3 is 10.6 Å². The van der Waals surface area contributed by atoms with Gasteiger partial charge in [0.15, 0.2) is 0 Å². The first kappa shape index (κ1) is 16.1. The average Bonchev–Trinajstić information content (AvgIpc) is 2.48. The predicted octanol–water partition coefficient (Wildman–Crippen LogP) is 2.81. The number of halogens is 1. The van der Waals surface area contributed by atoms with Crippen molar-refractivity contribution in [1.29, 1.82) is 5.26 Å². The molecule has 2 N–H and O–H groups in total. The normalized spacial score (nSPS) is 10.8. The zero-order valence-corrected chi connectivity index (χ0v) is 12.2. The van der Waals surface area contributed by atoms with Crippen LogP contribution in [0.2, 0.25) is 0 Å². The molecule has 106 valence electrons. The van der Waals surface area contributed by atoms with Crippen molar-refractivity contribution in [3.8, 4) is 6.07 Å². The van der Waals surface area contributed by atoms with E-state index < -0.39 is 0 Å². The van der Waals surface area contributed by atoms with Crippen LogP contribution in [-0.2, 0) is 11.2 Å². The van der Waals surface area contributed by atoms with E-state index >= 15 is 0 Å². The van der Waals surface area contributed by atoms with Gasteiger partial charge in [0, 0.05) is 24.3 Å². The lowest BCUT2D eigenvalue weighted by Gasteiger charge is -2.08. The Bertz CT molecular complexity index is 520. The fourth-order valence-corrected chi connectivity index (χ4v) is 1.77. The third-order valence-corrected chi connectivity index (χ3v) is 3.00. The number of nitriles is 1. The molecule has 1 aromatic carbocycles. The Morgan fingerprint density at radius 2 is 2.20 bits per heavy atom. The number of carbonyl (C=O) groups excluding carboxylic acids is 1. The Labute approximate surface area is 124 Å². The minimum atomic E-state index is -0.390. The van der Waals surface area contributed by atoms with Crippen LogP contribution in [0.25, 0.3) is 0 Å². The fourth-order valence-electron chi connectivity index (χ4n) is 1.63. The lowest BCUT2D eigenvalue weighted by molar-refractivity contribution is -0.117. The molecule has 0 heterocycles. The van der Waals surface area contributed by atoms with E-state index in [9.17, 15) is 4.79 Å². The minimum absolute atomic E-state index is 0.0467. The standard InChI is InChI=1S/C15H18ClN3O/c1-2-12-6-3-4-7-14(12)19-11-13(10-17)15(20)18-9-5-8-16/h3-4,6-7,11,19H,2,5,8-9H2,1H3,(H,18,20)/b13-11-. The van der Waals surface area contributed by atoms with Crippen molar-refractivity contribution < 1.29 is 4.79 Å². The molecule has 0 unspecified atom stereocenters. The molecule has 0 aliphatic heterocycles.